The van der Waals surface area contributed by atoms with Crippen LogP contribution < -0.4 is 16.6 Å². The lowest BCUT2D eigenvalue weighted by molar-refractivity contribution is -0.117. The number of carbonyl (C=O) groups is 1. The Morgan fingerprint density at radius 1 is 1.40 bits per heavy atom. The lowest BCUT2D eigenvalue weighted by Crippen LogP contribution is -2.29. The molecule has 0 atom stereocenters. The summed E-state index contributed by atoms with van der Waals surface area (Å²) in [6.45, 7) is 1.58. The maximum absolute atomic E-state index is 11.9. The third-order valence-electron chi connectivity index (χ3n) is 2.57. The molecule has 2 rings (SSSR count). The first-order valence-corrected chi connectivity index (χ1v) is 6.23. The fourth-order valence-corrected chi connectivity index (χ4v) is 1.74. The second-order valence-corrected chi connectivity index (χ2v) is 4.66. The van der Waals surface area contributed by atoms with Crippen molar-refractivity contribution in [3.8, 4) is 0 Å². The van der Waals surface area contributed by atoms with E-state index >= 15 is 0 Å². The zero-order valence-corrected chi connectivity index (χ0v) is 11.5. The molecule has 0 bridgehead atoms. The van der Waals surface area contributed by atoms with E-state index in [1.807, 2.05) is 0 Å². The maximum atomic E-state index is 11.9. The number of nitrogens with two attached hydrogens (primary N) is 1. The molecule has 0 aliphatic rings. The smallest absolute Gasteiger partial charge is 0.267 e. The van der Waals surface area contributed by atoms with Gasteiger partial charge < -0.3 is 11.1 Å². The van der Waals surface area contributed by atoms with Crippen molar-refractivity contribution in [3.05, 3.63) is 51.4 Å². The number of halogens is 1. The first-order valence-electron chi connectivity index (χ1n) is 5.85. The highest BCUT2D eigenvalue weighted by Crippen LogP contribution is 2.22. The van der Waals surface area contributed by atoms with Crippen molar-refractivity contribution in [2.24, 2.45) is 0 Å². The molecule has 6 nitrogen and oxygen atoms in total. The summed E-state index contributed by atoms with van der Waals surface area (Å²) < 4.78 is 1.10. The Hall–Kier alpha value is -2.34. The molecule has 0 spiro atoms. The molecule has 7 heteroatoms. The van der Waals surface area contributed by atoms with Crippen LogP contribution in [0.25, 0.3) is 0 Å². The van der Waals surface area contributed by atoms with E-state index in [1.165, 1.54) is 6.07 Å². The van der Waals surface area contributed by atoms with Crippen LogP contribution in [0.15, 0.2) is 35.1 Å². The zero-order chi connectivity index (χ0) is 14.7. The van der Waals surface area contributed by atoms with Crippen molar-refractivity contribution in [1.29, 1.82) is 0 Å². The molecule has 2 aromatic rings. The minimum atomic E-state index is -0.369. The molecule has 0 saturated carbocycles. The molecule has 0 fully saturated rings. The van der Waals surface area contributed by atoms with Gasteiger partial charge in [0.25, 0.3) is 5.56 Å². The number of benzene rings is 1. The van der Waals surface area contributed by atoms with E-state index in [1.54, 1.807) is 31.2 Å². The fourth-order valence-electron chi connectivity index (χ4n) is 1.62. The third-order valence-corrected chi connectivity index (χ3v) is 2.92. The van der Waals surface area contributed by atoms with Crippen LogP contribution in [0, 0.1) is 6.92 Å². The van der Waals surface area contributed by atoms with Crippen LogP contribution in [0.3, 0.4) is 0 Å². The molecule has 0 aliphatic heterocycles. The van der Waals surface area contributed by atoms with Gasteiger partial charge in [-0.15, -0.1) is 0 Å². The third kappa shape index (κ3) is 3.36. The van der Waals surface area contributed by atoms with Gasteiger partial charge in [-0.2, -0.15) is 5.10 Å². The number of hydrogen-bond acceptors (Lipinski definition) is 4. The van der Waals surface area contributed by atoms with Crippen molar-refractivity contribution in [3.63, 3.8) is 0 Å². The van der Waals surface area contributed by atoms with Crippen molar-refractivity contribution >= 4 is 28.9 Å². The number of nitrogens with zero attached hydrogens (tertiary/aromatic N) is 2. The molecule has 3 N–H and O–H groups in total. The van der Waals surface area contributed by atoms with Crippen LogP contribution in [0.5, 0.6) is 0 Å². The Morgan fingerprint density at radius 2 is 2.15 bits per heavy atom. The summed E-state index contributed by atoms with van der Waals surface area (Å²) in [7, 11) is 0. The summed E-state index contributed by atoms with van der Waals surface area (Å²) in [6, 6.07) is 7.73. The summed E-state index contributed by atoms with van der Waals surface area (Å²) in [5, 5.41) is 7.03. The van der Waals surface area contributed by atoms with E-state index in [2.05, 4.69) is 10.4 Å². The van der Waals surface area contributed by atoms with Gasteiger partial charge in [0.15, 0.2) is 0 Å². The number of nitrogen functional groups attached to an aromatic ring is 1. The van der Waals surface area contributed by atoms with E-state index in [9.17, 15) is 9.59 Å². The minimum Gasteiger partial charge on any atom is -0.397 e. The molecule has 0 unspecified atom stereocenters. The van der Waals surface area contributed by atoms with Crippen LogP contribution in [0.2, 0.25) is 5.02 Å². The lowest BCUT2D eigenvalue weighted by atomic mass is 10.3. The van der Waals surface area contributed by atoms with E-state index in [-0.39, 0.29) is 18.0 Å². The van der Waals surface area contributed by atoms with Crippen LogP contribution in [-0.2, 0) is 11.3 Å². The minimum absolute atomic E-state index is 0.164. The van der Waals surface area contributed by atoms with Crippen molar-refractivity contribution in [2.75, 3.05) is 11.1 Å². The molecule has 1 heterocycles. The second kappa shape index (κ2) is 5.75. The summed E-state index contributed by atoms with van der Waals surface area (Å²) in [6.07, 6.45) is 0. The number of rotatable bonds is 3. The lowest BCUT2D eigenvalue weighted by Gasteiger charge is -2.08. The van der Waals surface area contributed by atoms with Gasteiger partial charge in [0.1, 0.15) is 6.54 Å². The Morgan fingerprint density at radius 3 is 2.85 bits per heavy atom. The van der Waals surface area contributed by atoms with Crippen LogP contribution in [-0.4, -0.2) is 15.7 Å². The Labute approximate surface area is 120 Å². The number of aromatic nitrogens is 2. The number of aryl methyl sites for hydroxylation is 1. The van der Waals surface area contributed by atoms with Crippen molar-refractivity contribution in [2.45, 2.75) is 13.5 Å². The van der Waals surface area contributed by atoms with Gasteiger partial charge >= 0.3 is 0 Å². The predicted molar refractivity (Wildman–Crippen MR) is 77.7 cm³/mol. The standard InChI is InChI=1S/C13H13ClN4O2/c1-8-2-5-13(20)18(17-8)7-12(19)16-9-3-4-10(14)11(15)6-9/h2-6H,7,15H2,1H3,(H,16,19). The highest BCUT2D eigenvalue weighted by atomic mass is 35.5. The van der Waals surface area contributed by atoms with Gasteiger partial charge in [0.05, 0.1) is 16.4 Å². The van der Waals surface area contributed by atoms with Crippen LogP contribution in [0.4, 0.5) is 11.4 Å². The molecular weight excluding hydrogens is 280 g/mol. The fraction of sp³-hybridized carbons (Fsp3) is 0.154. The molecule has 104 valence electrons. The van der Waals surface area contributed by atoms with Crippen LogP contribution >= 0.6 is 11.6 Å². The monoisotopic (exact) mass is 292 g/mol. The average Bonchev–Trinajstić information content (AvgIpc) is 2.38. The Kier molecular flexibility index (Phi) is 4.05. The second-order valence-electron chi connectivity index (χ2n) is 4.26. The van der Waals surface area contributed by atoms with Gasteiger partial charge in [-0.25, -0.2) is 4.68 Å². The van der Waals surface area contributed by atoms with Gasteiger partial charge in [-0.3, -0.25) is 9.59 Å². The first-order chi connectivity index (χ1) is 9.45. The summed E-state index contributed by atoms with van der Waals surface area (Å²) in [4.78, 5) is 23.4. The molecule has 0 aliphatic carbocycles. The van der Waals surface area contributed by atoms with E-state index in [0.29, 0.717) is 22.1 Å². The Bertz CT molecular complexity index is 712. The van der Waals surface area contributed by atoms with Crippen molar-refractivity contribution < 1.29 is 4.79 Å². The van der Waals surface area contributed by atoms with E-state index in [0.717, 1.165) is 4.68 Å². The quantitative estimate of drug-likeness (QED) is 0.837. The molecule has 1 aromatic carbocycles. The highest BCUT2D eigenvalue weighted by molar-refractivity contribution is 6.33. The number of anilines is 2. The normalized spacial score (nSPS) is 10.3. The number of amides is 1. The molecule has 1 amide bonds. The molecule has 1 aromatic heterocycles. The molecule has 20 heavy (non-hydrogen) atoms. The van der Waals surface area contributed by atoms with Crippen molar-refractivity contribution in [1.82, 2.24) is 9.78 Å². The number of carbonyl (C=O) groups excluding carboxylic acids is 1. The number of nitrogens with one attached hydrogen (secondary N) is 1. The van der Waals surface area contributed by atoms with Gasteiger partial charge in [0, 0.05) is 11.8 Å². The predicted octanol–water partition coefficient (Wildman–Crippen LogP) is 1.43. The van der Waals surface area contributed by atoms with Crippen LogP contribution in [0.1, 0.15) is 5.69 Å². The largest absolute Gasteiger partial charge is 0.397 e. The first kappa shape index (κ1) is 14.1. The molecular formula is C13H13ClN4O2. The zero-order valence-electron chi connectivity index (χ0n) is 10.8. The summed E-state index contributed by atoms with van der Waals surface area (Å²) >= 11 is 5.79. The average molecular weight is 293 g/mol. The van der Waals surface area contributed by atoms with E-state index in [4.69, 9.17) is 17.3 Å². The van der Waals surface area contributed by atoms with Gasteiger partial charge in [-0.05, 0) is 31.2 Å². The van der Waals surface area contributed by atoms with Gasteiger partial charge in [0.2, 0.25) is 5.91 Å². The molecule has 0 saturated heterocycles. The maximum Gasteiger partial charge on any atom is 0.267 e. The van der Waals surface area contributed by atoms with E-state index < -0.39 is 0 Å². The number of hydrogen-bond donors (Lipinski definition) is 2. The summed E-state index contributed by atoms with van der Waals surface area (Å²) in [5.74, 6) is -0.369. The topological polar surface area (TPSA) is 90.0 Å². The highest BCUT2D eigenvalue weighted by Gasteiger charge is 2.07. The van der Waals surface area contributed by atoms with Gasteiger partial charge in [-0.1, -0.05) is 11.6 Å². The molecule has 0 radical (unpaired) electrons. The summed E-state index contributed by atoms with van der Waals surface area (Å²) in [5.41, 5.74) is 6.85. The Balaban J connectivity index is 2.11. The SMILES string of the molecule is Cc1ccc(=O)n(CC(=O)Nc2ccc(Cl)c(N)c2)n1.